The summed E-state index contributed by atoms with van der Waals surface area (Å²) >= 11 is 0. The lowest BCUT2D eigenvalue weighted by Gasteiger charge is -2.42. The van der Waals surface area contributed by atoms with Gasteiger partial charge < -0.3 is 14.6 Å². The summed E-state index contributed by atoms with van der Waals surface area (Å²) in [6, 6.07) is 7.59. The first-order valence-corrected chi connectivity index (χ1v) is 8.85. The third-order valence-corrected chi connectivity index (χ3v) is 5.14. The van der Waals surface area contributed by atoms with Crippen molar-refractivity contribution in [3.63, 3.8) is 0 Å². The number of carbonyl (C=O) groups excluding carboxylic acids is 2. The first-order valence-electron chi connectivity index (χ1n) is 8.85. The fraction of sp³-hybridized carbons (Fsp3) is 0.421. The van der Waals surface area contributed by atoms with E-state index in [9.17, 15) is 9.59 Å². The molecule has 2 amide bonds. The van der Waals surface area contributed by atoms with E-state index >= 15 is 0 Å². The summed E-state index contributed by atoms with van der Waals surface area (Å²) in [5.41, 5.74) is 2.98. The molecule has 4 rings (SSSR count). The van der Waals surface area contributed by atoms with Crippen LogP contribution in [-0.2, 0) is 16.1 Å². The van der Waals surface area contributed by atoms with Gasteiger partial charge in [0.2, 0.25) is 17.7 Å². The van der Waals surface area contributed by atoms with Gasteiger partial charge >= 0.3 is 0 Å². The molecule has 0 spiro atoms. The molecular formula is C19H22N4O3. The van der Waals surface area contributed by atoms with E-state index in [1.807, 2.05) is 38.1 Å². The van der Waals surface area contributed by atoms with Gasteiger partial charge in [0.05, 0.1) is 12.2 Å². The van der Waals surface area contributed by atoms with Crippen LogP contribution in [0.2, 0.25) is 0 Å². The van der Waals surface area contributed by atoms with Gasteiger partial charge in [-0.15, -0.1) is 0 Å². The summed E-state index contributed by atoms with van der Waals surface area (Å²) in [6.07, 6.45) is 0. The van der Waals surface area contributed by atoms with Crippen molar-refractivity contribution in [3.05, 3.63) is 41.3 Å². The number of oxazole rings is 1. The van der Waals surface area contributed by atoms with Crippen molar-refractivity contribution in [1.82, 2.24) is 20.1 Å². The lowest BCUT2D eigenvalue weighted by molar-refractivity contribution is -0.149. The van der Waals surface area contributed by atoms with Crippen LogP contribution >= 0.6 is 0 Å². The van der Waals surface area contributed by atoms with Crippen LogP contribution in [0.3, 0.4) is 0 Å². The minimum atomic E-state index is -0.409. The maximum absolute atomic E-state index is 12.1. The number of hydrogen-bond donors (Lipinski definition) is 1. The van der Waals surface area contributed by atoms with Gasteiger partial charge in [0.15, 0.2) is 0 Å². The predicted molar refractivity (Wildman–Crippen MR) is 95.2 cm³/mol. The minimum absolute atomic E-state index is 0.00583. The molecule has 2 aliphatic rings. The molecule has 0 saturated carbocycles. The third-order valence-electron chi connectivity index (χ3n) is 5.14. The molecule has 0 radical (unpaired) electrons. The summed E-state index contributed by atoms with van der Waals surface area (Å²) in [5.74, 6) is 1.33. The molecule has 1 aromatic carbocycles. The van der Waals surface area contributed by atoms with Gasteiger partial charge in [-0.05, 0) is 25.5 Å². The van der Waals surface area contributed by atoms with Gasteiger partial charge in [0.25, 0.3) is 0 Å². The van der Waals surface area contributed by atoms with Crippen molar-refractivity contribution in [2.45, 2.75) is 26.4 Å². The molecule has 7 heteroatoms. The van der Waals surface area contributed by atoms with Crippen LogP contribution in [0.4, 0.5) is 0 Å². The molecule has 3 heterocycles. The SMILES string of the molecule is Cc1ccccc1-c1nc(CN2CCN3C(=O)CNC(=O)[C@@H]3C2)c(C)o1. The monoisotopic (exact) mass is 354 g/mol. The van der Waals surface area contributed by atoms with Gasteiger partial charge in [0.1, 0.15) is 11.8 Å². The van der Waals surface area contributed by atoms with Crippen LogP contribution in [0.1, 0.15) is 17.0 Å². The first kappa shape index (κ1) is 16.8. The molecule has 136 valence electrons. The van der Waals surface area contributed by atoms with E-state index in [0.717, 1.165) is 29.1 Å². The topological polar surface area (TPSA) is 78.7 Å². The van der Waals surface area contributed by atoms with E-state index in [4.69, 9.17) is 4.42 Å². The molecule has 1 aromatic heterocycles. The van der Waals surface area contributed by atoms with Gasteiger partial charge in [-0.1, -0.05) is 18.2 Å². The third kappa shape index (κ3) is 2.99. The van der Waals surface area contributed by atoms with E-state index < -0.39 is 6.04 Å². The smallest absolute Gasteiger partial charge is 0.244 e. The molecule has 0 bridgehead atoms. The lowest BCUT2D eigenvalue weighted by Crippen LogP contribution is -2.65. The van der Waals surface area contributed by atoms with E-state index in [1.54, 1.807) is 4.90 Å². The highest BCUT2D eigenvalue weighted by atomic mass is 16.4. The number of hydrogen-bond acceptors (Lipinski definition) is 5. The zero-order valence-electron chi connectivity index (χ0n) is 15.0. The Balaban J connectivity index is 1.51. The highest BCUT2D eigenvalue weighted by Gasteiger charge is 2.38. The Morgan fingerprint density at radius 3 is 2.85 bits per heavy atom. The minimum Gasteiger partial charge on any atom is -0.441 e. The second kappa shape index (κ2) is 6.57. The van der Waals surface area contributed by atoms with Crippen LogP contribution in [-0.4, -0.2) is 58.8 Å². The second-order valence-electron chi connectivity index (χ2n) is 6.89. The normalized spacial score (nSPS) is 20.8. The fourth-order valence-corrected chi connectivity index (χ4v) is 3.60. The van der Waals surface area contributed by atoms with Crippen LogP contribution < -0.4 is 5.32 Å². The predicted octanol–water partition coefficient (Wildman–Crippen LogP) is 1.10. The molecule has 0 unspecified atom stereocenters. The maximum Gasteiger partial charge on any atom is 0.244 e. The van der Waals surface area contributed by atoms with Crippen LogP contribution in [0.25, 0.3) is 11.5 Å². The Bertz CT molecular complexity index is 860. The van der Waals surface area contributed by atoms with Crippen molar-refractivity contribution >= 4 is 11.8 Å². The van der Waals surface area contributed by atoms with Crippen LogP contribution in [0, 0.1) is 13.8 Å². The summed E-state index contributed by atoms with van der Waals surface area (Å²) in [5, 5.41) is 2.67. The number of nitrogens with zero attached hydrogens (tertiary/aromatic N) is 3. The summed E-state index contributed by atoms with van der Waals surface area (Å²) < 4.78 is 5.89. The number of aryl methyl sites for hydroxylation is 2. The Morgan fingerprint density at radius 1 is 1.23 bits per heavy atom. The summed E-state index contributed by atoms with van der Waals surface area (Å²) in [6.45, 7) is 6.47. The van der Waals surface area contributed by atoms with Gasteiger partial charge in [-0.2, -0.15) is 0 Å². The molecule has 1 N–H and O–H groups in total. The average Bonchev–Trinajstić information content (AvgIpc) is 2.99. The van der Waals surface area contributed by atoms with Crippen LogP contribution in [0.15, 0.2) is 28.7 Å². The largest absolute Gasteiger partial charge is 0.441 e. The molecule has 2 aliphatic heterocycles. The number of aromatic nitrogens is 1. The first-order chi connectivity index (χ1) is 12.5. The summed E-state index contributed by atoms with van der Waals surface area (Å²) in [4.78, 5) is 32.6. The fourth-order valence-electron chi connectivity index (χ4n) is 3.60. The van der Waals surface area contributed by atoms with Crippen molar-refractivity contribution in [3.8, 4) is 11.5 Å². The molecule has 26 heavy (non-hydrogen) atoms. The Morgan fingerprint density at radius 2 is 2.04 bits per heavy atom. The Hall–Kier alpha value is -2.67. The van der Waals surface area contributed by atoms with E-state index in [0.29, 0.717) is 25.5 Å². The van der Waals surface area contributed by atoms with Crippen molar-refractivity contribution in [2.75, 3.05) is 26.2 Å². The van der Waals surface area contributed by atoms with Gasteiger partial charge in [0, 0.05) is 31.7 Å². The molecule has 0 aliphatic carbocycles. The number of benzene rings is 1. The highest BCUT2D eigenvalue weighted by molar-refractivity contribution is 5.95. The van der Waals surface area contributed by atoms with E-state index in [1.165, 1.54) is 0 Å². The molecule has 2 fully saturated rings. The second-order valence-corrected chi connectivity index (χ2v) is 6.89. The quantitative estimate of drug-likeness (QED) is 0.893. The average molecular weight is 354 g/mol. The van der Waals surface area contributed by atoms with Crippen molar-refractivity contribution < 1.29 is 14.0 Å². The van der Waals surface area contributed by atoms with Crippen molar-refractivity contribution in [1.29, 1.82) is 0 Å². The zero-order valence-corrected chi connectivity index (χ0v) is 15.0. The number of amides is 2. The van der Waals surface area contributed by atoms with Gasteiger partial charge in [-0.25, -0.2) is 4.98 Å². The zero-order chi connectivity index (χ0) is 18.3. The summed E-state index contributed by atoms with van der Waals surface area (Å²) in [7, 11) is 0. The standard InChI is InChI=1S/C19H22N4O3/c1-12-5-3-4-6-14(12)19-21-15(13(2)26-19)10-22-7-8-23-16(11-22)18(25)20-9-17(23)24/h3-6,16H,7-11H2,1-2H3,(H,20,25)/t16-/m0/s1. The van der Waals surface area contributed by atoms with E-state index in [-0.39, 0.29) is 18.4 Å². The number of fused-ring (bicyclic) bond motifs is 1. The molecule has 2 saturated heterocycles. The van der Waals surface area contributed by atoms with E-state index in [2.05, 4.69) is 15.2 Å². The Labute approximate surface area is 152 Å². The maximum atomic E-state index is 12.1. The number of nitrogens with one attached hydrogen (secondary N) is 1. The van der Waals surface area contributed by atoms with Crippen molar-refractivity contribution in [2.24, 2.45) is 0 Å². The Kier molecular flexibility index (Phi) is 4.24. The number of piperazine rings is 2. The molecule has 2 aromatic rings. The highest BCUT2D eigenvalue weighted by Crippen LogP contribution is 2.26. The molecule has 1 atom stereocenters. The number of rotatable bonds is 3. The van der Waals surface area contributed by atoms with Crippen LogP contribution in [0.5, 0.6) is 0 Å². The number of carbonyl (C=O) groups is 2. The molecular weight excluding hydrogens is 332 g/mol. The lowest BCUT2D eigenvalue weighted by atomic mass is 10.1. The molecule has 7 nitrogen and oxygen atoms in total. The van der Waals surface area contributed by atoms with Gasteiger partial charge in [-0.3, -0.25) is 14.5 Å².